The maximum Gasteiger partial charge on any atom is 0.278 e. The van der Waals surface area contributed by atoms with Crippen molar-refractivity contribution in [3.8, 4) is 0 Å². The Labute approximate surface area is 164 Å². The molecule has 0 spiro atoms. The van der Waals surface area contributed by atoms with Crippen LogP contribution in [0.4, 0.5) is 11.5 Å². The van der Waals surface area contributed by atoms with Gasteiger partial charge in [-0.05, 0) is 38.1 Å². The standard InChI is InChI=1S/C17H19BrClN3O4/c1-9-6-12(16(24)21-26-8-10(2)23)15(22(3)17(9)25)20-14-5-4-11(18)7-13(14)19/h4-7,10,20,23H,8H2,1-3H3,(H,21,24). The molecular weight excluding hydrogens is 426 g/mol. The summed E-state index contributed by atoms with van der Waals surface area (Å²) >= 11 is 9.55. The van der Waals surface area contributed by atoms with Crippen LogP contribution in [-0.4, -0.2) is 28.3 Å². The molecule has 1 aromatic heterocycles. The Morgan fingerprint density at radius 1 is 1.42 bits per heavy atom. The number of hydroxylamine groups is 1. The minimum absolute atomic E-state index is 0.0577. The van der Waals surface area contributed by atoms with Crippen molar-refractivity contribution < 1.29 is 14.7 Å². The van der Waals surface area contributed by atoms with Crippen molar-refractivity contribution in [2.45, 2.75) is 20.0 Å². The third kappa shape index (κ3) is 4.85. The van der Waals surface area contributed by atoms with Crippen molar-refractivity contribution in [3.63, 3.8) is 0 Å². The van der Waals surface area contributed by atoms with E-state index < -0.39 is 12.0 Å². The van der Waals surface area contributed by atoms with Gasteiger partial charge in [-0.25, -0.2) is 5.48 Å². The van der Waals surface area contributed by atoms with E-state index in [1.54, 1.807) is 32.2 Å². The fourth-order valence-corrected chi connectivity index (χ4v) is 2.94. The Kier molecular flexibility index (Phi) is 6.82. The number of hydrogen-bond acceptors (Lipinski definition) is 5. The summed E-state index contributed by atoms with van der Waals surface area (Å²) in [6.45, 7) is 3.09. The summed E-state index contributed by atoms with van der Waals surface area (Å²) in [6.07, 6.45) is -0.726. The van der Waals surface area contributed by atoms with E-state index in [1.165, 1.54) is 17.6 Å². The minimum atomic E-state index is -0.726. The highest BCUT2D eigenvalue weighted by Gasteiger charge is 2.18. The van der Waals surface area contributed by atoms with E-state index in [1.807, 2.05) is 0 Å². The predicted molar refractivity (Wildman–Crippen MR) is 104 cm³/mol. The van der Waals surface area contributed by atoms with Gasteiger partial charge in [0.2, 0.25) is 0 Å². The number of pyridine rings is 1. The van der Waals surface area contributed by atoms with Gasteiger partial charge in [0.25, 0.3) is 11.5 Å². The number of rotatable bonds is 6. The number of aromatic nitrogens is 1. The van der Waals surface area contributed by atoms with Crippen LogP contribution in [0.25, 0.3) is 0 Å². The molecule has 9 heteroatoms. The Balaban J connectivity index is 2.41. The van der Waals surface area contributed by atoms with Gasteiger partial charge in [-0.2, -0.15) is 0 Å². The van der Waals surface area contributed by atoms with Crippen molar-refractivity contribution >= 4 is 44.9 Å². The molecule has 140 valence electrons. The maximum absolute atomic E-state index is 12.5. The van der Waals surface area contributed by atoms with Gasteiger partial charge in [0, 0.05) is 17.1 Å². The first-order valence-electron chi connectivity index (χ1n) is 7.73. The number of anilines is 2. The fourth-order valence-electron chi connectivity index (χ4n) is 2.22. The molecule has 7 nitrogen and oxygen atoms in total. The SMILES string of the molecule is Cc1cc(C(=O)NOCC(C)O)c(Nc2ccc(Br)cc2Cl)n(C)c1=O. The van der Waals surface area contributed by atoms with E-state index in [0.717, 1.165) is 4.47 Å². The molecule has 0 aliphatic heterocycles. The van der Waals surface area contributed by atoms with Gasteiger partial charge in [-0.3, -0.25) is 19.0 Å². The van der Waals surface area contributed by atoms with Crippen LogP contribution in [0.2, 0.25) is 5.02 Å². The predicted octanol–water partition coefficient (Wildman–Crippen LogP) is 2.90. The van der Waals surface area contributed by atoms with Crippen LogP contribution in [0.3, 0.4) is 0 Å². The number of nitrogens with one attached hydrogen (secondary N) is 2. The molecule has 1 amide bonds. The molecule has 0 aliphatic carbocycles. The Morgan fingerprint density at radius 3 is 2.73 bits per heavy atom. The number of aliphatic hydroxyl groups excluding tert-OH is 1. The number of carbonyl (C=O) groups excluding carboxylic acids is 1. The van der Waals surface area contributed by atoms with Gasteiger partial charge >= 0.3 is 0 Å². The third-order valence-electron chi connectivity index (χ3n) is 3.51. The Morgan fingerprint density at radius 2 is 2.12 bits per heavy atom. The molecule has 0 radical (unpaired) electrons. The normalized spacial score (nSPS) is 11.9. The van der Waals surface area contributed by atoms with Crippen LogP contribution in [0, 0.1) is 6.92 Å². The van der Waals surface area contributed by atoms with E-state index in [-0.39, 0.29) is 23.5 Å². The summed E-state index contributed by atoms with van der Waals surface area (Å²) in [5, 5.41) is 12.7. The first-order chi connectivity index (χ1) is 12.2. The van der Waals surface area contributed by atoms with E-state index in [9.17, 15) is 14.7 Å². The molecule has 2 aromatic rings. The highest BCUT2D eigenvalue weighted by molar-refractivity contribution is 9.10. The van der Waals surface area contributed by atoms with Gasteiger partial charge in [-0.15, -0.1) is 0 Å². The minimum Gasteiger partial charge on any atom is -0.391 e. The second-order valence-corrected chi connectivity index (χ2v) is 7.12. The lowest BCUT2D eigenvalue weighted by Crippen LogP contribution is -2.31. The lowest BCUT2D eigenvalue weighted by molar-refractivity contribution is -0.00685. The van der Waals surface area contributed by atoms with Crippen LogP contribution in [-0.2, 0) is 11.9 Å². The first-order valence-corrected chi connectivity index (χ1v) is 8.90. The summed E-state index contributed by atoms with van der Waals surface area (Å²) in [5.74, 6) is -0.289. The fraction of sp³-hybridized carbons (Fsp3) is 0.294. The van der Waals surface area contributed by atoms with Gasteiger partial charge in [0.05, 0.1) is 22.4 Å². The van der Waals surface area contributed by atoms with E-state index in [4.69, 9.17) is 16.4 Å². The van der Waals surface area contributed by atoms with E-state index in [2.05, 4.69) is 26.7 Å². The lowest BCUT2D eigenvalue weighted by Gasteiger charge is -2.17. The zero-order chi connectivity index (χ0) is 19.4. The first kappa shape index (κ1) is 20.4. The van der Waals surface area contributed by atoms with Crippen LogP contribution in [0.5, 0.6) is 0 Å². The molecule has 2 rings (SSSR count). The van der Waals surface area contributed by atoms with Crippen molar-refractivity contribution in [1.29, 1.82) is 0 Å². The molecule has 1 unspecified atom stereocenters. The van der Waals surface area contributed by atoms with Crippen LogP contribution < -0.4 is 16.4 Å². The monoisotopic (exact) mass is 443 g/mol. The molecule has 3 N–H and O–H groups in total. The summed E-state index contributed by atoms with van der Waals surface area (Å²) in [4.78, 5) is 29.7. The molecule has 1 aromatic carbocycles. The summed E-state index contributed by atoms with van der Waals surface area (Å²) in [6, 6.07) is 6.68. The summed E-state index contributed by atoms with van der Waals surface area (Å²) < 4.78 is 2.13. The zero-order valence-electron chi connectivity index (χ0n) is 14.5. The lowest BCUT2D eigenvalue weighted by atomic mass is 10.1. The molecule has 26 heavy (non-hydrogen) atoms. The number of amides is 1. The Hall–Kier alpha value is -1.87. The molecule has 0 saturated heterocycles. The van der Waals surface area contributed by atoms with E-state index in [0.29, 0.717) is 16.3 Å². The van der Waals surface area contributed by atoms with Crippen molar-refractivity contribution in [1.82, 2.24) is 10.0 Å². The summed E-state index contributed by atoms with van der Waals surface area (Å²) in [7, 11) is 1.55. The van der Waals surface area contributed by atoms with Crippen LogP contribution in [0.15, 0.2) is 33.5 Å². The van der Waals surface area contributed by atoms with Crippen molar-refractivity contribution in [2.24, 2.45) is 7.05 Å². The molecule has 1 atom stereocenters. The van der Waals surface area contributed by atoms with Crippen molar-refractivity contribution in [2.75, 3.05) is 11.9 Å². The molecule has 0 aliphatic rings. The van der Waals surface area contributed by atoms with Gasteiger partial charge < -0.3 is 10.4 Å². The Bertz CT molecular complexity index is 883. The number of carbonyl (C=O) groups is 1. The molecular formula is C17H19BrClN3O4. The van der Waals surface area contributed by atoms with Crippen LogP contribution >= 0.6 is 27.5 Å². The van der Waals surface area contributed by atoms with Crippen LogP contribution in [0.1, 0.15) is 22.8 Å². The summed E-state index contributed by atoms with van der Waals surface area (Å²) in [5.41, 5.74) is 3.15. The molecule has 0 fully saturated rings. The number of halogens is 2. The second kappa shape index (κ2) is 8.68. The topological polar surface area (TPSA) is 92.6 Å². The highest BCUT2D eigenvalue weighted by atomic mass is 79.9. The van der Waals surface area contributed by atoms with Gasteiger partial charge in [-0.1, -0.05) is 27.5 Å². The highest BCUT2D eigenvalue weighted by Crippen LogP contribution is 2.29. The quantitative estimate of drug-likeness (QED) is 0.596. The van der Waals surface area contributed by atoms with Crippen molar-refractivity contribution in [3.05, 3.63) is 55.2 Å². The number of benzene rings is 1. The number of aliphatic hydroxyl groups is 1. The van der Waals surface area contributed by atoms with Gasteiger partial charge in [0.1, 0.15) is 12.4 Å². The third-order valence-corrected chi connectivity index (χ3v) is 4.32. The second-order valence-electron chi connectivity index (χ2n) is 5.79. The smallest absolute Gasteiger partial charge is 0.278 e. The largest absolute Gasteiger partial charge is 0.391 e. The molecule has 0 saturated carbocycles. The number of nitrogens with zero attached hydrogens (tertiary/aromatic N) is 1. The zero-order valence-corrected chi connectivity index (χ0v) is 16.8. The maximum atomic E-state index is 12.5. The number of aryl methyl sites for hydroxylation is 1. The molecule has 0 bridgehead atoms. The molecule has 1 heterocycles. The average Bonchev–Trinajstić information content (AvgIpc) is 2.56. The van der Waals surface area contributed by atoms with Gasteiger partial charge in [0.15, 0.2) is 0 Å². The van der Waals surface area contributed by atoms with E-state index >= 15 is 0 Å². The average molecular weight is 445 g/mol. The number of hydrogen-bond donors (Lipinski definition) is 3.